The van der Waals surface area contributed by atoms with Gasteiger partial charge in [0, 0.05) is 29.9 Å². The maximum atomic E-state index is 12.4. The number of rotatable bonds is 4. The van der Waals surface area contributed by atoms with Crippen LogP contribution in [-0.4, -0.2) is 18.2 Å². The molecule has 0 bridgehead atoms. The fourth-order valence-corrected chi connectivity index (χ4v) is 4.07. The van der Waals surface area contributed by atoms with Crippen LogP contribution >= 0.6 is 23.2 Å². The van der Waals surface area contributed by atoms with Crippen LogP contribution in [0.3, 0.4) is 0 Å². The summed E-state index contributed by atoms with van der Waals surface area (Å²) in [7, 11) is -1.99. The predicted molar refractivity (Wildman–Crippen MR) is 83.1 cm³/mol. The van der Waals surface area contributed by atoms with Gasteiger partial charge < -0.3 is 0 Å². The maximum Gasteiger partial charge on any atom is 0.242 e. The van der Waals surface area contributed by atoms with E-state index in [1.54, 1.807) is 24.9 Å². The van der Waals surface area contributed by atoms with E-state index >= 15 is 0 Å². The largest absolute Gasteiger partial charge is 0.275 e. The number of aryl methyl sites for hydroxylation is 2. The van der Waals surface area contributed by atoms with Crippen LogP contribution in [0.1, 0.15) is 24.2 Å². The lowest BCUT2D eigenvalue weighted by Gasteiger charge is -2.14. The third-order valence-corrected chi connectivity index (χ3v) is 5.29. The third kappa shape index (κ3) is 3.58. The second kappa shape index (κ2) is 5.96. The molecular weight excluding hydrogens is 333 g/mol. The van der Waals surface area contributed by atoms with Crippen molar-refractivity contribution in [3.63, 3.8) is 0 Å². The minimum Gasteiger partial charge on any atom is -0.275 e. The molecule has 8 heteroatoms. The van der Waals surface area contributed by atoms with Crippen LogP contribution < -0.4 is 4.72 Å². The SMILES string of the molecule is Cc1nn(C)cc1C(C)NS(=O)(=O)c1cc(Cl)ccc1Cl. The molecule has 0 saturated carbocycles. The first kappa shape index (κ1) is 16.3. The minimum absolute atomic E-state index is 0.0370. The van der Waals surface area contributed by atoms with Gasteiger partial charge in [-0.15, -0.1) is 0 Å². The van der Waals surface area contributed by atoms with E-state index in [1.165, 1.54) is 18.2 Å². The Labute approximate surface area is 133 Å². The molecular formula is C13H15Cl2N3O2S. The average molecular weight is 348 g/mol. The number of halogens is 2. The topological polar surface area (TPSA) is 64.0 Å². The molecule has 1 heterocycles. The number of hydrogen-bond acceptors (Lipinski definition) is 3. The third-order valence-electron chi connectivity index (χ3n) is 3.03. The van der Waals surface area contributed by atoms with Crippen molar-refractivity contribution in [2.75, 3.05) is 0 Å². The van der Waals surface area contributed by atoms with Crippen LogP contribution in [0.5, 0.6) is 0 Å². The predicted octanol–water partition coefficient (Wildman–Crippen LogP) is 3.07. The Kier molecular flexibility index (Phi) is 4.63. The van der Waals surface area contributed by atoms with Crippen molar-refractivity contribution in [2.45, 2.75) is 24.8 Å². The number of aromatic nitrogens is 2. The van der Waals surface area contributed by atoms with Gasteiger partial charge in [-0.2, -0.15) is 5.10 Å². The highest BCUT2D eigenvalue weighted by Crippen LogP contribution is 2.26. The average Bonchev–Trinajstić information content (AvgIpc) is 2.71. The summed E-state index contributed by atoms with van der Waals surface area (Å²) in [4.78, 5) is -0.0370. The quantitative estimate of drug-likeness (QED) is 0.924. The molecule has 0 fully saturated rings. The molecule has 1 aromatic carbocycles. The first-order chi connectivity index (χ1) is 9.70. The van der Waals surface area contributed by atoms with Crippen LogP contribution in [0.2, 0.25) is 10.0 Å². The minimum atomic E-state index is -3.77. The maximum absolute atomic E-state index is 12.4. The lowest BCUT2D eigenvalue weighted by Crippen LogP contribution is -2.27. The fourth-order valence-electron chi connectivity index (χ4n) is 2.09. The van der Waals surface area contributed by atoms with E-state index in [1.807, 2.05) is 6.92 Å². The van der Waals surface area contributed by atoms with Crippen molar-refractivity contribution >= 4 is 33.2 Å². The molecule has 1 atom stereocenters. The summed E-state index contributed by atoms with van der Waals surface area (Å²) in [6, 6.07) is 3.89. The molecule has 5 nitrogen and oxygen atoms in total. The summed E-state index contributed by atoms with van der Waals surface area (Å²) in [6.07, 6.45) is 1.78. The van der Waals surface area contributed by atoms with E-state index in [-0.39, 0.29) is 9.92 Å². The van der Waals surface area contributed by atoms with Gasteiger partial charge in [-0.3, -0.25) is 4.68 Å². The van der Waals surface area contributed by atoms with Gasteiger partial charge in [-0.05, 0) is 32.0 Å². The molecule has 21 heavy (non-hydrogen) atoms. The Hall–Kier alpha value is -1.08. The lowest BCUT2D eigenvalue weighted by molar-refractivity contribution is 0.566. The van der Waals surface area contributed by atoms with Gasteiger partial charge in [0.25, 0.3) is 0 Å². The summed E-state index contributed by atoms with van der Waals surface area (Å²) in [5.74, 6) is 0. The van der Waals surface area contributed by atoms with E-state index in [0.717, 1.165) is 11.3 Å². The van der Waals surface area contributed by atoms with Gasteiger partial charge in [-0.25, -0.2) is 13.1 Å². The number of benzene rings is 1. The van der Waals surface area contributed by atoms with Crippen LogP contribution in [0, 0.1) is 6.92 Å². The van der Waals surface area contributed by atoms with Gasteiger partial charge in [-0.1, -0.05) is 23.2 Å². The van der Waals surface area contributed by atoms with Gasteiger partial charge in [0.15, 0.2) is 0 Å². The summed E-state index contributed by atoms with van der Waals surface area (Å²) in [5, 5.41) is 4.64. The molecule has 0 aliphatic rings. The Morgan fingerprint density at radius 2 is 2.00 bits per heavy atom. The standard InChI is InChI=1S/C13H15Cl2N3O2S/c1-8-11(7-18(3)16-8)9(2)17-21(19,20)13-6-10(14)4-5-12(13)15/h4-7,9,17H,1-3H3. The van der Waals surface area contributed by atoms with Crippen molar-refractivity contribution in [3.05, 3.63) is 45.7 Å². The van der Waals surface area contributed by atoms with E-state index < -0.39 is 16.1 Å². The molecule has 1 unspecified atom stereocenters. The van der Waals surface area contributed by atoms with Crippen molar-refractivity contribution < 1.29 is 8.42 Å². The Morgan fingerprint density at radius 1 is 1.33 bits per heavy atom. The molecule has 2 rings (SSSR count). The van der Waals surface area contributed by atoms with Crippen LogP contribution in [0.4, 0.5) is 0 Å². The van der Waals surface area contributed by atoms with E-state index in [4.69, 9.17) is 23.2 Å². The first-order valence-corrected chi connectivity index (χ1v) is 8.42. The van der Waals surface area contributed by atoms with E-state index in [9.17, 15) is 8.42 Å². The van der Waals surface area contributed by atoms with E-state index in [2.05, 4.69) is 9.82 Å². The zero-order valence-corrected chi connectivity index (χ0v) is 14.1. The van der Waals surface area contributed by atoms with Gasteiger partial charge in [0.1, 0.15) is 4.90 Å². The molecule has 1 N–H and O–H groups in total. The second-order valence-corrected chi connectivity index (χ2v) is 7.29. The highest BCUT2D eigenvalue weighted by atomic mass is 35.5. The molecule has 0 aliphatic carbocycles. The summed E-state index contributed by atoms with van der Waals surface area (Å²) in [5.41, 5.74) is 1.57. The molecule has 0 spiro atoms. The molecule has 1 aromatic heterocycles. The highest BCUT2D eigenvalue weighted by molar-refractivity contribution is 7.89. The second-order valence-electron chi connectivity index (χ2n) is 4.76. The van der Waals surface area contributed by atoms with Crippen LogP contribution in [-0.2, 0) is 17.1 Å². The molecule has 2 aromatic rings. The number of hydrogen-bond donors (Lipinski definition) is 1. The van der Waals surface area contributed by atoms with Crippen molar-refractivity contribution in [3.8, 4) is 0 Å². The van der Waals surface area contributed by atoms with Crippen molar-refractivity contribution in [2.24, 2.45) is 7.05 Å². The fraction of sp³-hybridized carbons (Fsp3) is 0.308. The van der Waals surface area contributed by atoms with Crippen molar-refractivity contribution in [1.29, 1.82) is 0 Å². The molecule has 0 amide bonds. The molecule has 0 saturated heterocycles. The number of nitrogens with one attached hydrogen (secondary N) is 1. The van der Waals surface area contributed by atoms with E-state index in [0.29, 0.717) is 5.02 Å². The molecule has 0 radical (unpaired) electrons. The lowest BCUT2D eigenvalue weighted by atomic mass is 10.1. The highest BCUT2D eigenvalue weighted by Gasteiger charge is 2.23. The zero-order valence-electron chi connectivity index (χ0n) is 11.8. The van der Waals surface area contributed by atoms with Crippen LogP contribution in [0.15, 0.2) is 29.3 Å². The summed E-state index contributed by atoms with van der Waals surface area (Å²) < 4.78 is 29.1. The zero-order chi connectivity index (χ0) is 15.8. The normalized spacial score (nSPS) is 13.4. The van der Waals surface area contributed by atoms with Gasteiger partial charge in [0.2, 0.25) is 10.0 Å². The molecule has 114 valence electrons. The summed E-state index contributed by atoms with van der Waals surface area (Å²) >= 11 is 11.8. The smallest absolute Gasteiger partial charge is 0.242 e. The number of nitrogens with zero attached hydrogens (tertiary/aromatic N) is 2. The first-order valence-electron chi connectivity index (χ1n) is 6.18. The Balaban J connectivity index is 2.33. The van der Waals surface area contributed by atoms with Gasteiger partial charge in [0.05, 0.1) is 10.7 Å². The Bertz CT molecular complexity index is 772. The van der Waals surface area contributed by atoms with Crippen LogP contribution in [0.25, 0.3) is 0 Å². The Morgan fingerprint density at radius 3 is 2.57 bits per heavy atom. The van der Waals surface area contributed by atoms with Gasteiger partial charge >= 0.3 is 0 Å². The summed E-state index contributed by atoms with van der Waals surface area (Å²) in [6.45, 7) is 3.58. The number of sulfonamides is 1. The molecule has 0 aliphatic heterocycles. The van der Waals surface area contributed by atoms with Crippen molar-refractivity contribution in [1.82, 2.24) is 14.5 Å². The monoisotopic (exact) mass is 347 g/mol.